The average Bonchev–Trinajstić information content (AvgIpc) is 3.29. The topological polar surface area (TPSA) is 74.8 Å². The Morgan fingerprint density at radius 2 is 0.744 bits per heavy atom. The zero-order valence-corrected chi connectivity index (χ0v) is 27.2. The molecule has 6 nitrogen and oxygen atoms in total. The number of amides is 4. The van der Waals surface area contributed by atoms with Crippen LogP contribution >= 0.6 is 63.7 Å². The molecule has 6 rings (SSSR count). The second-order valence-corrected chi connectivity index (χ2v) is 15.7. The Labute approximate surface area is 260 Å². The molecule has 2 heterocycles. The number of hydrogen-bond donors (Lipinski definition) is 0. The van der Waals surface area contributed by atoms with Crippen molar-refractivity contribution in [2.24, 2.45) is 23.7 Å². The van der Waals surface area contributed by atoms with Gasteiger partial charge in [0.05, 0.1) is 35.0 Å². The highest BCUT2D eigenvalue weighted by molar-refractivity contribution is 9.12. The number of rotatable bonds is 4. The van der Waals surface area contributed by atoms with E-state index in [0.717, 1.165) is 11.1 Å². The standard InChI is InChI=1S/C29H26Br4N2O4/c30-22-10-18-19(11-23(22)31)27(37)34(26(18)36)16-5-1-14(2-6-16)9-15-3-7-17(8-4-15)35-28(38)20-12-24(32)25(33)13-21(20)29(35)39/h1-8,18-25H,9-13H2/t18?,19?,20?,21?,22-,23-,24-,25-/m0/s1. The van der Waals surface area contributed by atoms with Gasteiger partial charge in [-0.1, -0.05) is 88.0 Å². The van der Waals surface area contributed by atoms with E-state index in [-0.39, 0.29) is 66.6 Å². The van der Waals surface area contributed by atoms with E-state index in [9.17, 15) is 19.2 Å². The smallest absolute Gasteiger partial charge is 0.237 e. The molecule has 8 atom stereocenters. The van der Waals surface area contributed by atoms with Crippen LogP contribution in [-0.2, 0) is 25.6 Å². The lowest BCUT2D eigenvalue weighted by molar-refractivity contribution is -0.124. The maximum absolute atomic E-state index is 13.1. The number of nitrogens with zero attached hydrogens (tertiary/aromatic N) is 2. The predicted molar refractivity (Wildman–Crippen MR) is 164 cm³/mol. The van der Waals surface area contributed by atoms with E-state index in [1.807, 2.05) is 48.5 Å². The van der Waals surface area contributed by atoms with Crippen molar-refractivity contribution in [3.8, 4) is 0 Å². The van der Waals surface area contributed by atoms with Crippen molar-refractivity contribution in [2.75, 3.05) is 9.80 Å². The monoisotopic (exact) mass is 782 g/mol. The first-order valence-corrected chi connectivity index (χ1v) is 16.8. The molecule has 204 valence electrons. The first-order chi connectivity index (χ1) is 18.6. The minimum atomic E-state index is -0.269. The van der Waals surface area contributed by atoms with Gasteiger partial charge >= 0.3 is 0 Å². The van der Waals surface area contributed by atoms with Gasteiger partial charge in [0, 0.05) is 19.3 Å². The van der Waals surface area contributed by atoms with Gasteiger partial charge in [-0.2, -0.15) is 0 Å². The van der Waals surface area contributed by atoms with Gasteiger partial charge in [0.1, 0.15) is 0 Å². The van der Waals surface area contributed by atoms with Crippen LogP contribution in [0, 0.1) is 23.7 Å². The summed E-state index contributed by atoms with van der Waals surface area (Å²) in [7, 11) is 0. The van der Waals surface area contributed by atoms with E-state index < -0.39 is 0 Å². The Morgan fingerprint density at radius 1 is 0.487 bits per heavy atom. The summed E-state index contributed by atoms with van der Waals surface area (Å²) in [5.41, 5.74) is 3.30. The molecule has 10 heteroatoms. The minimum Gasteiger partial charge on any atom is -0.274 e. The minimum absolute atomic E-state index is 0.110. The van der Waals surface area contributed by atoms with Crippen LogP contribution in [0.5, 0.6) is 0 Å². The van der Waals surface area contributed by atoms with Crippen LogP contribution in [0.3, 0.4) is 0 Å². The summed E-state index contributed by atoms with van der Waals surface area (Å²) in [5.74, 6) is -1.52. The number of benzene rings is 2. The van der Waals surface area contributed by atoms with E-state index in [1.165, 1.54) is 9.80 Å². The molecule has 2 saturated heterocycles. The lowest BCUT2D eigenvalue weighted by atomic mass is 9.81. The molecule has 2 saturated carbocycles. The Hall–Kier alpha value is -1.36. The van der Waals surface area contributed by atoms with Crippen LogP contribution in [-0.4, -0.2) is 42.9 Å². The Morgan fingerprint density at radius 3 is 1.00 bits per heavy atom. The molecule has 0 spiro atoms. The molecular formula is C29H26Br4N2O4. The van der Waals surface area contributed by atoms with E-state index >= 15 is 0 Å². The van der Waals surface area contributed by atoms with Gasteiger partial charge in [0.2, 0.25) is 23.6 Å². The highest BCUT2D eigenvalue weighted by Gasteiger charge is 2.53. The van der Waals surface area contributed by atoms with Crippen molar-refractivity contribution in [1.29, 1.82) is 0 Å². The van der Waals surface area contributed by atoms with Crippen molar-refractivity contribution >= 4 is 98.7 Å². The van der Waals surface area contributed by atoms with E-state index in [2.05, 4.69) is 63.7 Å². The predicted octanol–water partition coefficient (Wildman–Crippen LogP) is 6.13. The molecule has 2 aliphatic heterocycles. The first-order valence-electron chi connectivity index (χ1n) is 13.1. The summed E-state index contributed by atoms with van der Waals surface area (Å²) in [6.45, 7) is 0. The molecule has 0 aromatic heterocycles. The molecule has 0 bridgehead atoms. The molecule has 0 radical (unpaired) electrons. The van der Waals surface area contributed by atoms with Gasteiger partial charge in [0.15, 0.2) is 0 Å². The third kappa shape index (κ3) is 4.91. The lowest BCUT2D eigenvalue weighted by Crippen LogP contribution is -2.34. The van der Waals surface area contributed by atoms with Crippen molar-refractivity contribution in [1.82, 2.24) is 0 Å². The number of alkyl halides is 4. The number of halogens is 4. The molecule has 4 aliphatic rings. The number of carbonyl (C=O) groups is 4. The zero-order valence-electron chi connectivity index (χ0n) is 20.8. The van der Waals surface area contributed by atoms with Gasteiger partial charge in [-0.05, 0) is 67.5 Å². The number of hydrogen-bond acceptors (Lipinski definition) is 4. The second-order valence-electron chi connectivity index (χ2n) is 11.0. The van der Waals surface area contributed by atoms with Crippen LogP contribution in [0.4, 0.5) is 11.4 Å². The van der Waals surface area contributed by atoms with E-state index in [0.29, 0.717) is 43.5 Å². The summed E-state index contributed by atoms with van der Waals surface area (Å²) in [6.07, 6.45) is 3.26. The molecule has 2 aromatic rings. The van der Waals surface area contributed by atoms with E-state index in [4.69, 9.17) is 0 Å². The van der Waals surface area contributed by atoms with Crippen LogP contribution < -0.4 is 9.80 Å². The van der Waals surface area contributed by atoms with Gasteiger partial charge in [0.25, 0.3) is 0 Å². The Balaban J connectivity index is 1.13. The van der Waals surface area contributed by atoms with Crippen LogP contribution in [0.15, 0.2) is 48.5 Å². The maximum atomic E-state index is 13.1. The lowest BCUT2D eigenvalue weighted by Gasteiger charge is -2.29. The molecule has 2 aromatic carbocycles. The quantitative estimate of drug-likeness (QED) is 0.277. The number of imide groups is 2. The van der Waals surface area contributed by atoms with E-state index in [1.54, 1.807) is 0 Å². The molecular weight excluding hydrogens is 760 g/mol. The van der Waals surface area contributed by atoms with Crippen LogP contribution in [0.2, 0.25) is 0 Å². The summed E-state index contributed by atoms with van der Waals surface area (Å²) in [5, 5.41) is 0. The van der Waals surface area contributed by atoms with Crippen molar-refractivity contribution < 1.29 is 19.2 Å². The average molecular weight is 786 g/mol. The SMILES string of the molecule is O=C1C2C[C@H](Br)[C@@H](Br)CC2C(=O)N1c1ccc(Cc2ccc(N3C(=O)C4C[C@H](Br)[C@@H](Br)CC4C3=O)cc2)cc1. The second kappa shape index (κ2) is 10.8. The van der Waals surface area contributed by atoms with Gasteiger partial charge in [-0.3, -0.25) is 29.0 Å². The fraction of sp³-hybridized carbons (Fsp3) is 0.448. The summed E-state index contributed by atoms with van der Waals surface area (Å²) < 4.78 is 0. The third-order valence-corrected chi connectivity index (χ3v) is 14.1. The molecule has 39 heavy (non-hydrogen) atoms. The number of carbonyl (C=O) groups excluding carboxylic acids is 4. The Kier molecular flexibility index (Phi) is 7.70. The normalized spacial score (nSPS) is 34.5. The van der Waals surface area contributed by atoms with Crippen LogP contribution in [0.25, 0.3) is 0 Å². The van der Waals surface area contributed by atoms with Gasteiger partial charge in [-0.15, -0.1) is 0 Å². The highest BCUT2D eigenvalue weighted by atomic mass is 79.9. The fourth-order valence-electron chi connectivity index (χ4n) is 6.46. The number of anilines is 2. The van der Waals surface area contributed by atoms with Crippen molar-refractivity contribution in [3.05, 3.63) is 59.7 Å². The maximum Gasteiger partial charge on any atom is 0.237 e. The number of fused-ring (bicyclic) bond motifs is 2. The Bertz CT molecular complexity index is 1180. The highest BCUT2D eigenvalue weighted by Crippen LogP contribution is 2.45. The van der Waals surface area contributed by atoms with Crippen molar-refractivity contribution in [2.45, 2.75) is 51.4 Å². The summed E-state index contributed by atoms with van der Waals surface area (Å²) >= 11 is 14.5. The summed E-state index contributed by atoms with van der Waals surface area (Å²) in [6, 6.07) is 15.1. The summed E-state index contributed by atoms with van der Waals surface area (Å²) in [4.78, 5) is 55.8. The molecule has 2 aliphatic carbocycles. The first kappa shape index (κ1) is 27.8. The van der Waals surface area contributed by atoms with Crippen molar-refractivity contribution in [3.63, 3.8) is 0 Å². The third-order valence-electron chi connectivity index (χ3n) is 8.62. The molecule has 4 unspecified atom stereocenters. The fourth-order valence-corrected chi connectivity index (χ4v) is 8.93. The molecule has 4 fully saturated rings. The molecule has 0 N–H and O–H groups in total. The molecule has 4 amide bonds. The zero-order chi connectivity index (χ0) is 27.6. The van der Waals surface area contributed by atoms with Crippen LogP contribution in [0.1, 0.15) is 36.8 Å². The van der Waals surface area contributed by atoms with Gasteiger partial charge in [-0.25, -0.2) is 0 Å². The van der Waals surface area contributed by atoms with Gasteiger partial charge < -0.3 is 0 Å². The largest absolute Gasteiger partial charge is 0.274 e.